The maximum Gasteiger partial charge on any atom is 0.0701 e. The summed E-state index contributed by atoms with van der Waals surface area (Å²) in [4.78, 5) is 0. The number of rotatable bonds is 18. The summed E-state index contributed by atoms with van der Waals surface area (Å²) >= 11 is 0. The van der Waals surface area contributed by atoms with E-state index in [0.717, 1.165) is 13.2 Å². The predicted octanol–water partition coefficient (Wildman–Crippen LogP) is 5.22. The van der Waals surface area contributed by atoms with Crippen molar-refractivity contribution in [1.82, 2.24) is 0 Å². The first-order valence-electron chi connectivity index (χ1n) is 9.54. The van der Waals surface area contributed by atoms with Crippen LogP contribution in [0.15, 0.2) is 0 Å². The number of hydrogen-bond acceptors (Lipinski definition) is 3. The zero-order chi connectivity index (χ0) is 16.3. The molecule has 0 heterocycles. The summed E-state index contributed by atoms with van der Waals surface area (Å²) in [7, 11) is 0. The van der Waals surface area contributed by atoms with Gasteiger partial charge in [0.25, 0.3) is 0 Å². The Balaban J connectivity index is 2.97. The van der Waals surface area contributed by atoms with Gasteiger partial charge in [0.2, 0.25) is 0 Å². The molecule has 0 aromatic heterocycles. The summed E-state index contributed by atoms with van der Waals surface area (Å²) in [6.07, 6.45) is 11.9. The number of ether oxygens (including phenoxy) is 3. The van der Waals surface area contributed by atoms with E-state index < -0.39 is 0 Å². The minimum Gasteiger partial charge on any atom is -0.379 e. The third kappa shape index (κ3) is 17.9. The van der Waals surface area contributed by atoms with Gasteiger partial charge in [-0.3, -0.25) is 0 Å². The van der Waals surface area contributed by atoms with Gasteiger partial charge in [-0.1, -0.05) is 72.1 Å². The second kappa shape index (κ2) is 18.9. The molecule has 0 aliphatic carbocycles. The van der Waals surface area contributed by atoms with Crippen LogP contribution in [0.1, 0.15) is 78.6 Å². The van der Waals surface area contributed by atoms with Crippen molar-refractivity contribution < 1.29 is 14.2 Å². The van der Waals surface area contributed by atoms with E-state index in [0.29, 0.717) is 32.3 Å². The Labute approximate surface area is 139 Å². The molecule has 0 saturated heterocycles. The van der Waals surface area contributed by atoms with Crippen molar-refractivity contribution >= 4 is 0 Å². The lowest BCUT2D eigenvalue weighted by Crippen LogP contribution is -2.12. The Bertz CT molecular complexity index is 197. The fourth-order valence-corrected chi connectivity index (χ4v) is 2.18. The molecule has 0 rings (SSSR count). The quantitative estimate of drug-likeness (QED) is 0.324. The van der Waals surface area contributed by atoms with Gasteiger partial charge in [-0.05, 0) is 12.3 Å². The van der Waals surface area contributed by atoms with Gasteiger partial charge >= 0.3 is 0 Å². The van der Waals surface area contributed by atoms with E-state index >= 15 is 0 Å². The maximum atomic E-state index is 5.58. The molecule has 134 valence electrons. The summed E-state index contributed by atoms with van der Waals surface area (Å²) < 4.78 is 16.6. The first kappa shape index (κ1) is 21.9. The molecule has 0 amide bonds. The van der Waals surface area contributed by atoms with Crippen LogP contribution in [0.2, 0.25) is 0 Å². The third-order valence-corrected chi connectivity index (χ3v) is 3.99. The average molecular weight is 317 g/mol. The van der Waals surface area contributed by atoms with Crippen molar-refractivity contribution in [3.05, 3.63) is 0 Å². The fourth-order valence-electron chi connectivity index (χ4n) is 2.18. The van der Waals surface area contributed by atoms with Gasteiger partial charge in [-0.15, -0.1) is 0 Å². The Kier molecular flexibility index (Phi) is 18.8. The minimum absolute atomic E-state index is 0.648. The zero-order valence-electron chi connectivity index (χ0n) is 15.4. The van der Waals surface area contributed by atoms with E-state index in [9.17, 15) is 0 Å². The van der Waals surface area contributed by atoms with Gasteiger partial charge in [0, 0.05) is 13.2 Å². The van der Waals surface area contributed by atoms with E-state index in [2.05, 4.69) is 20.8 Å². The molecule has 0 radical (unpaired) electrons. The lowest BCUT2D eigenvalue weighted by molar-refractivity contribution is 0.00771. The van der Waals surface area contributed by atoms with Crippen molar-refractivity contribution in [1.29, 1.82) is 0 Å². The van der Waals surface area contributed by atoms with Crippen LogP contribution in [0.3, 0.4) is 0 Å². The monoisotopic (exact) mass is 316 g/mol. The topological polar surface area (TPSA) is 27.7 Å². The normalized spacial score (nSPS) is 12.7. The summed E-state index contributed by atoms with van der Waals surface area (Å²) in [6, 6.07) is 0. The third-order valence-electron chi connectivity index (χ3n) is 3.99. The summed E-state index contributed by atoms with van der Waals surface area (Å²) in [5.41, 5.74) is 0. The molecule has 0 aromatic rings. The smallest absolute Gasteiger partial charge is 0.0701 e. The van der Waals surface area contributed by atoms with Gasteiger partial charge in [0.15, 0.2) is 0 Å². The van der Waals surface area contributed by atoms with Crippen LogP contribution in [-0.4, -0.2) is 39.6 Å². The SMILES string of the molecule is CCCCCCCCCCOCCOCCOCC(C)CC. The van der Waals surface area contributed by atoms with Crippen molar-refractivity contribution in [3.63, 3.8) is 0 Å². The van der Waals surface area contributed by atoms with Gasteiger partial charge in [0.05, 0.1) is 26.4 Å². The van der Waals surface area contributed by atoms with Crippen molar-refractivity contribution in [2.45, 2.75) is 78.6 Å². The molecule has 3 heteroatoms. The van der Waals surface area contributed by atoms with Gasteiger partial charge in [-0.25, -0.2) is 0 Å². The molecule has 0 N–H and O–H groups in total. The Morgan fingerprint density at radius 3 is 1.68 bits per heavy atom. The largest absolute Gasteiger partial charge is 0.379 e. The molecular formula is C19H40O3. The highest BCUT2D eigenvalue weighted by Crippen LogP contribution is 2.08. The maximum absolute atomic E-state index is 5.58. The first-order valence-corrected chi connectivity index (χ1v) is 9.54. The molecule has 22 heavy (non-hydrogen) atoms. The molecule has 0 aromatic carbocycles. The molecule has 0 saturated carbocycles. The Morgan fingerprint density at radius 1 is 0.591 bits per heavy atom. The van der Waals surface area contributed by atoms with Crippen molar-refractivity contribution in [2.24, 2.45) is 5.92 Å². The second-order valence-electron chi connectivity index (χ2n) is 6.29. The second-order valence-corrected chi connectivity index (χ2v) is 6.29. The first-order chi connectivity index (χ1) is 10.8. The van der Waals surface area contributed by atoms with Crippen LogP contribution >= 0.6 is 0 Å². The van der Waals surface area contributed by atoms with Crippen molar-refractivity contribution in [2.75, 3.05) is 39.6 Å². The number of hydrogen-bond donors (Lipinski definition) is 0. The Hall–Kier alpha value is -0.120. The Morgan fingerprint density at radius 2 is 1.09 bits per heavy atom. The average Bonchev–Trinajstić information content (AvgIpc) is 2.54. The summed E-state index contributed by atoms with van der Waals surface area (Å²) in [6.45, 7) is 11.2. The van der Waals surface area contributed by atoms with E-state index in [-0.39, 0.29) is 0 Å². The van der Waals surface area contributed by atoms with Crippen LogP contribution in [0.25, 0.3) is 0 Å². The standard InChI is InChI=1S/C19H40O3/c1-4-6-7-8-9-10-11-12-13-20-14-15-21-16-17-22-18-19(3)5-2/h19H,4-18H2,1-3H3. The molecule has 0 spiro atoms. The molecule has 0 fully saturated rings. The van der Waals surface area contributed by atoms with Gasteiger partial charge in [-0.2, -0.15) is 0 Å². The van der Waals surface area contributed by atoms with Crippen LogP contribution in [0, 0.1) is 5.92 Å². The van der Waals surface area contributed by atoms with E-state index in [1.165, 1.54) is 57.8 Å². The van der Waals surface area contributed by atoms with Crippen LogP contribution in [0.4, 0.5) is 0 Å². The molecule has 1 unspecified atom stereocenters. The van der Waals surface area contributed by atoms with E-state index in [1.807, 2.05) is 0 Å². The van der Waals surface area contributed by atoms with E-state index in [1.54, 1.807) is 0 Å². The van der Waals surface area contributed by atoms with Gasteiger partial charge < -0.3 is 14.2 Å². The molecule has 1 atom stereocenters. The zero-order valence-corrected chi connectivity index (χ0v) is 15.4. The minimum atomic E-state index is 0.648. The highest BCUT2D eigenvalue weighted by Gasteiger charge is 1.98. The summed E-state index contributed by atoms with van der Waals surface area (Å²) in [5.74, 6) is 0.648. The van der Waals surface area contributed by atoms with Crippen LogP contribution in [0.5, 0.6) is 0 Å². The highest BCUT2D eigenvalue weighted by molar-refractivity contribution is 4.47. The van der Waals surface area contributed by atoms with E-state index in [4.69, 9.17) is 14.2 Å². The van der Waals surface area contributed by atoms with Gasteiger partial charge in [0.1, 0.15) is 0 Å². The molecule has 0 aliphatic rings. The summed E-state index contributed by atoms with van der Waals surface area (Å²) in [5, 5.41) is 0. The molecule has 0 bridgehead atoms. The number of unbranched alkanes of at least 4 members (excludes halogenated alkanes) is 7. The molecular weight excluding hydrogens is 276 g/mol. The highest BCUT2D eigenvalue weighted by atomic mass is 16.5. The van der Waals surface area contributed by atoms with Crippen LogP contribution in [-0.2, 0) is 14.2 Å². The molecule has 0 aliphatic heterocycles. The molecule has 3 nitrogen and oxygen atoms in total. The lowest BCUT2D eigenvalue weighted by Gasteiger charge is -2.09. The predicted molar refractivity (Wildman–Crippen MR) is 94.5 cm³/mol. The lowest BCUT2D eigenvalue weighted by atomic mass is 10.1. The fraction of sp³-hybridized carbons (Fsp3) is 1.00. The van der Waals surface area contributed by atoms with Crippen LogP contribution < -0.4 is 0 Å². The van der Waals surface area contributed by atoms with Crippen molar-refractivity contribution in [3.8, 4) is 0 Å².